The fourth-order valence-electron chi connectivity index (χ4n) is 4.48. The summed E-state index contributed by atoms with van der Waals surface area (Å²) in [5.41, 5.74) is 3.62. The first-order valence-electron chi connectivity index (χ1n) is 11.3. The van der Waals surface area contributed by atoms with Crippen molar-refractivity contribution in [3.63, 3.8) is 0 Å². The zero-order chi connectivity index (χ0) is 24.5. The number of fused-ring (bicyclic) bond motifs is 1. The van der Waals surface area contributed by atoms with Crippen molar-refractivity contribution in [3.8, 4) is 5.69 Å². The van der Waals surface area contributed by atoms with Crippen molar-refractivity contribution >= 4 is 22.1 Å². The molecule has 1 atom stereocenters. The van der Waals surface area contributed by atoms with Crippen LogP contribution in [0.25, 0.3) is 16.5 Å². The number of nitrogens with one attached hydrogen (secondary N) is 1. The molecule has 1 unspecified atom stereocenters. The van der Waals surface area contributed by atoms with Crippen molar-refractivity contribution in [3.05, 3.63) is 134 Å². The highest BCUT2D eigenvalue weighted by Gasteiger charge is 2.26. The molecule has 0 fully saturated rings. The van der Waals surface area contributed by atoms with Crippen LogP contribution < -0.4 is 10.9 Å². The Balaban J connectivity index is 1.66. The molecule has 0 amide bonds. The van der Waals surface area contributed by atoms with Gasteiger partial charge in [0.15, 0.2) is 0 Å². The predicted molar refractivity (Wildman–Crippen MR) is 138 cm³/mol. The molecule has 0 spiro atoms. The van der Waals surface area contributed by atoms with Gasteiger partial charge >= 0.3 is 0 Å². The maximum absolute atomic E-state index is 13.8. The van der Waals surface area contributed by atoms with Gasteiger partial charge in [0.05, 0.1) is 22.2 Å². The molecule has 0 aliphatic carbocycles. The van der Waals surface area contributed by atoms with Crippen LogP contribution in [0.1, 0.15) is 22.9 Å². The summed E-state index contributed by atoms with van der Waals surface area (Å²) in [6.45, 7) is 1.91. The van der Waals surface area contributed by atoms with Crippen LogP contribution in [-0.2, 0) is 7.05 Å². The van der Waals surface area contributed by atoms with E-state index in [4.69, 9.17) is 0 Å². The van der Waals surface area contributed by atoms with Crippen LogP contribution in [0.2, 0.25) is 0 Å². The number of nitro groups is 1. The summed E-state index contributed by atoms with van der Waals surface area (Å²) in [6, 6.07) is 29.4. The van der Waals surface area contributed by atoms with Crippen LogP contribution in [-0.4, -0.2) is 14.3 Å². The largest absolute Gasteiger partial charge is 0.374 e. The molecule has 1 heterocycles. The van der Waals surface area contributed by atoms with Gasteiger partial charge in [0.2, 0.25) is 0 Å². The fraction of sp³-hybridized carbons (Fsp3) is 0.107. The van der Waals surface area contributed by atoms with Crippen molar-refractivity contribution in [2.24, 2.45) is 7.05 Å². The lowest BCUT2D eigenvalue weighted by atomic mass is 9.98. The molecule has 0 bridgehead atoms. The molecule has 7 nitrogen and oxygen atoms in total. The van der Waals surface area contributed by atoms with Crippen molar-refractivity contribution in [1.29, 1.82) is 0 Å². The number of hydrogen-bond donors (Lipinski definition) is 1. The van der Waals surface area contributed by atoms with E-state index in [0.29, 0.717) is 5.56 Å². The number of anilines is 1. The van der Waals surface area contributed by atoms with Crippen LogP contribution in [0.4, 0.5) is 11.4 Å². The lowest BCUT2D eigenvalue weighted by molar-refractivity contribution is -0.384. The van der Waals surface area contributed by atoms with Gasteiger partial charge in [-0.2, -0.15) is 0 Å². The number of para-hydroxylation sites is 1. The average Bonchev–Trinajstić information content (AvgIpc) is 3.10. The average molecular weight is 465 g/mol. The first-order valence-corrected chi connectivity index (χ1v) is 11.3. The van der Waals surface area contributed by atoms with Gasteiger partial charge in [-0.3, -0.25) is 19.6 Å². The minimum absolute atomic E-state index is 0.00434. The fourth-order valence-corrected chi connectivity index (χ4v) is 4.48. The van der Waals surface area contributed by atoms with E-state index in [2.05, 4.69) is 5.32 Å². The van der Waals surface area contributed by atoms with Gasteiger partial charge in [-0.05, 0) is 59.7 Å². The standard InChI is InChI=1S/C28H24N4O3/c1-19-26(28(33)31(30(19)2)24-10-4-3-5-11-24)27(21-13-16-25(17-14-21)32(34)35)29-23-15-12-20-8-6-7-9-22(20)18-23/h3-18,27,29H,1-2H3. The second-order valence-corrected chi connectivity index (χ2v) is 8.46. The Morgan fingerprint density at radius 1 is 0.857 bits per heavy atom. The Kier molecular flexibility index (Phi) is 5.66. The van der Waals surface area contributed by atoms with Crippen molar-refractivity contribution in [1.82, 2.24) is 9.36 Å². The highest BCUT2D eigenvalue weighted by molar-refractivity contribution is 5.85. The van der Waals surface area contributed by atoms with Gasteiger partial charge in [-0.15, -0.1) is 0 Å². The minimum Gasteiger partial charge on any atom is -0.374 e. The van der Waals surface area contributed by atoms with E-state index < -0.39 is 11.0 Å². The molecule has 1 aromatic heterocycles. The zero-order valence-corrected chi connectivity index (χ0v) is 19.4. The van der Waals surface area contributed by atoms with Gasteiger partial charge in [0.25, 0.3) is 11.2 Å². The highest BCUT2D eigenvalue weighted by atomic mass is 16.6. The third-order valence-corrected chi connectivity index (χ3v) is 6.39. The molecule has 174 valence electrons. The highest BCUT2D eigenvalue weighted by Crippen LogP contribution is 2.30. The molecular weight excluding hydrogens is 440 g/mol. The number of benzene rings is 4. The van der Waals surface area contributed by atoms with Crippen molar-refractivity contribution in [2.45, 2.75) is 13.0 Å². The number of rotatable bonds is 6. The molecule has 1 N–H and O–H groups in total. The number of nitrogens with zero attached hydrogens (tertiary/aromatic N) is 3. The summed E-state index contributed by atoms with van der Waals surface area (Å²) in [4.78, 5) is 24.6. The summed E-state index contributed by atoms with van der Waals surface area (Å²) in [6.07, 6.45) is 0. The van der Waals surface area contributed by atoms with E-state index in [-0.39, 0.29) is 11.2 Å². The van der Waals surface area contributed by atoms with Gasteiger partial charge in [-0.1, -0.05) is 48.5 Å². The number of aromatic nitrogens is 2. The normalized spacial score (nSPS) is 11.9. The maximum Gasteiger partial charge on any atom is 0.277 e. The molecule has 7 heteroatoms. The molecule has 5 rings (SSSR count). The Labute approximate surface area is 202 Å². The first kappa shape index (κ1) is 22.2. The molecule has 0 radical (unpaired) electrons. The molecular formula is C28H24N4O3. The molecule has 4 aromatic carbocycles. The van der Waals surface area contributed by atoms with E-state index in [9.17, 15) is 14.9 Å². The Bertz CT molecular complexity index is 1580. The van der Waals surface area contributed by atoms with Crippen molar-refractivity contribution in [2.75, 3.05) is 5.32 Å². The Morgan fingerprint density at radius 3 is 2.20 bits per heavy atom. The number of nitro benzene ring substituents is 1. The minimum atomic E-state index is -0.513. The molecule has 0 aliphatic rings. The lowest BCUT2D eigenvalue weighted by Gasteiger charge is -2.20. The summed E-state index contributed by atoms with van der Waals surface area (Å²) in [7, 11) is 1.86. The summed E-state index contributed by atoms with van der Waals surface area (Å²) in [5.74, 6) is 0. The summed E-state index contributed by atoms with van der Waals surface area (Å²) >= 11 is 0. The molecule has 35 heavy (non-hydrogen) atoms. The summed E-state index contributed by atoms with van der Waals surface area (Å²) in [5, 5.41) is 16.9. The van der Waals surface area contributed by atoms with Gasteiger partial charge in [-0.25, -0.2) is 4.68 Å². The second kappa shape index (κ2) is 8.95. The van der Waals surface area contributed by atoms with Crippen LogP contribution >= 0.6 is 0 Å². The SMILES string of the molecule is Cc1c(C(Nc2ccc3ccccc3c2)c2ccc([N+](=O)[O-])cc2)c(=O)n(-c2ccccc2)n1C. The van der Waals surface area contributed by atoms with Crippen LogP contribution in [0.3, 0.4) is 0 Å². The van der Waals surface area contributed by atoms with E-state index in [1.807, 2.05) is 91.4 Å². The third kappa shape index (κ3) is 4.08. The van der Waals surface area contributed by atoms with Crippen LogP contribution in [0.5, 0.6) is 0 Å². The van der Waals surface area contributed by atoms with Crippen LogP contribution in [0, 0.1) is 17.0 Å². The monoisotopic (exact) mass is 464 g/mol. The predicted octanol–water partition coefficient (Wildman–Crippen LogP) is 5.75. The topological polar surface area (TPSA) is 82.1 Å². The molecule has 0 aliphatic heterocycles. The maximum atomic E-state index is 13.8. The second-order valence-electron chi connectivity index (χ2n) is 8.46. The third-order valence-electron chi connectivity index (χ3n) is 6.39. The smallest absolute Gasteiger partial charge is 0.277 e. The first-order chi connectivity index (χ1) is 16.9. The van der Waals surface area contributed by atoms with Crippen molar-refractivity contribution < 1.29 is 4.92 Å². The lowest BCUT2D eigenvalue weighted by Crippen LogP contribution is -2.24. The molecule has 0 saturated carbocycles. The van der Waals surface area contributed by atoms with E-state index in [1.165, 1.54) is 12.1 Å². The van der Waals surface area contributed by atoms with Gasteiger partial charge in [0.1, 0.15) is 0 Å². The number of non-ortho nitro benzene ring substituents is 1. The number of hydrogen-bond acceptors (Lipinski definition) is 4. The Morgan fingerprint density at radius 2 is 1.51 bits per heavy atom. The Hall–Kier alpha value is -4.65. The molecule has 0 saturated heterocycles. The molecule has 5 aromatic rings. The van der Waals surface area contributed by atoms with E-state index >= 15 is 0 Å². The van der Waals surface area contributed by atoms with Gasteiger partial charge in [0, 0.05) is 30.6 Å². The zero-order valence-electron chi connectivity index (χ0n) is 19.4. The van der Waals surface area contributed by atoms with E-state index in [0.717, 1.165) is 33.4 Å². The van der Waals surface area contributed by atoms with E-state index in [1.54, 1.807) is 16.8 Å². The van der Waals surface area contributed by atoms with Crippen LogP contribution in [0.15, 0.2) is 102 Å². The quantitative estimate of drug-likeness (QED) is 0.256. The summed E-state index contributed by atoms with van der Waals surface area (Å²) < 4.78 is 3.48. The van der Waals surface area contributed by atoms with Gasteiger partial charge < -0.3 is 5.32 Å².